The van der Waals surface area contributed by atoms with E-state index >= 15 is 0 Å². The van der Waals surface area contributed by atoms with Gasteiger partial charge in [-0.25, -0.2) is 0 Å². The average Bonchev–Trinajstić information content (AvgIpc) is 3.04. The Morgan fingerprint density at radius 2 is 1.73 bits per heavy atom. The van der Waals surface area contributed by atoms with Crippen LogP contribution in [0.3, 0.4) is 0 Å². The summed E-state index contributed by atoms with van der Waals surface area (Å²) in [7, 11) is 3.36. The van der Waals surface area contributed by atoms with Gasteiger partial charge in [-0.1, -0.05) is 0 Å². The highest BCUT2D eigenvalue weighted by molar-refractivity contribution is 5.38. The fraction of sp³-hybridized carbons (Fsp3) is 0.647. The molecule has 0 bridgehead atoms. The van der Waals surface area contributed by atoms with E-state index in [0.717, 1.165) is 37.8 Å². The van der Waals surface area contributed by atoms with Crippen molar-refractivity contribution in [2.75, 3.05) is 47.1 Å². The molecule has 2 saturated heterocycles. The third kappa shape index (κ3) is 3.21. The molecule has 3 rings (SSSR count). The predicted molar refractivity (Wildman–Crippen MR) is 85.6 cm³/mol. The Hall–Kier alpha value is -1.30. The van der Waals surface area contributed by atoms with Crippen molar-refractivity contribution in [1.82, 2.24) is 10.2 Å². The molecule has 5 heteroatoms. The first-order valence-electron chi connectivity index (χ1n) is 8.01. The first-order chi connectivity index (χ1) is 10.8. The topological polar surface area (TPSA) is 43.0 Å². The van der Waals surface area contributed by atoms with Crippen molar-refractivity contribution < 1.29 is 14.2 Å². The Kier molecular flexibility index (Phi) is 4.86. The summed E-state index contributed by atoms with van der Waals surface area (Å²) in [4.78, 5) is 2.59. The van der Waals surface area contributed by atoms with Crippen LogP contribution in [0.2, 0.25) is 0 Å². The SMILES string of the molecule is COc1cc(CNCC2(N3CCCC3)COC2)cc(OC)c1. The van der Waals surface area contributed by atoms with E-state index in [1.54, 1.807) is 14.2 Å². The zero-order chi connectivity index (χ0) is 15.4. The number of benzene rings is 1. The van der Waals surface area contributed by atoms with Crippen LogP contribution in [-0.2, 0) is 11.3 Å². The first-order valence-corrected chi connectivity index (χ1v) is 8.01. The molecule has 0 spiro atoms. The zero-order valence-corrected chi connectivity index (χ0v) is 13.6. The second-order valence-corrected chi connectivity index (χ2v) is 6.24. The van der Waals surface area contributed by atoms with Crippen molar-refractivity contribution in [3.05, 3.63) is 23.8 Å². The highest BCUT2D eigenvalue weighted by Crippen LogP contribution is 2.28. The van der Waals surface area contributed by atoms with Crippen LogP contribution in [0.15, 0.2) is 18.2 Å². The maximum absolute atomic E-state index is 5.50. The van der Waals surface area contributed by atoms with Crippen molar-refractivity contribution in [3.8, 4) is 11.5 Å². The van der Waals surface area contributed by atoms with Gasteiger partial charge in [0.05, 0.1) is 33.0 Å². The Morgan fingerprint density at radius 1 is 1.09 bits per heavy atom. The third-order valence-electron chi connectivity index (χ3n) is 4.71. The lowest BCUT2D eigenvalue weighted by Gasteiger charge is -2.48. The maximum atomic E-state index is 5.50. The molecule has 0 amide bonds. The van der Waals surface area contributed by atoms with E-state index in [4.69, 9.17) is 14.2 Å². The number of methoxy groups -OCH3 is 2. The second-order valence-electron chi connectivity index (χ2n) is 6.24. The van der Waals surface area contributed by atoms with Crippen LogP contribution < -0.4 is 14.8 Å². The van der Waals surface area contributed by atoms with Crippen molar-refractivity contribution in [1.29, 1.82) is 0 Å². The van der Waals surface area contributed by atoms with Gasteiger partial charge in [-0.05, 0) is 43.6 Å². The van der Waals surface area contributed by atoms with Gasteiger partial charge in [0.25, 0.3) is 0 Å². The lowest BCUT2D eigenvalue weighted by atomic mass is 9.95. The maximum Gasteiger partial charge on any atom is 0.122 e. The second kappa shape index (κ2) is 6.86. The molecule has 1 N–H and O–H groups in total. The molecule has 0 unspecified atom stereocenters. The van der Waals surface area contributed by atoms with E-state index in [2.05, 4.69) is 22.3 Å². The molecule has 0 radical (unpaired) electrons. The lowest BCUT2D eigenvalue weighted by molar-refractivity contribution is -0.131. The van der Waals surface area contributed by atoms with E-state index in [0.29, 0.717) is 0 Å². The van der Waals surface area contributed by atoms with Crippen molar-refractivity contribution in [3.63, 3.8) is 0 Å². The molecule has 2 fully saturated rings. The minimum absolute atomic E-state index is 0.208. The summed E-state index contributed by atoms with van der Waals surface area (Å²) >= 11 is 0. The molecule has 0 saturated carbocycles. The molecule has 0 aromatic heterocycles. The minimum atomic E-state index is 0.208. The lowest BCUT2D eigenvalue weighted by Crippen LogP contribution is -2.66. The number of likely N-dealkylation sites (tertiary alicyclic amines) is 1. The standard InChI is InChI=1S/C17H26N2O3/c1-20-15-7-14(8-16(9-15)21-2)10-18-11-17(12-22-13-17)19-5-3-4-6-19/h7-9,18H,3-6,10-13H2,1-2H3. The Balaban J connectivity index is 1.58. The Labute approximate surface area is 132 Å². The monoisotopic (exact) mass is 306 g/mol. The van der Waals surface area contributed by atoms with Crippen molar-refractivity contribution in [2.24, 2.45) is 0 Å². The summed E-state index contributed by atoms with van der Waals surface area (Å²) < 4.78 is 16.1. The molecule has 2 heterocycles. The summed E-state index contributed by atoms with van der Waals surface area (Å²) in [6.45, 7) is 5.88. The van der Waals surface area contributed by atoms with Gasteiger partial charge in [-0.2, -0.15) is 0 Å². The third-order valence-corrected chi connectivity index (χ3v) is 4.71. The largest absolute Gasteiger partial charge is 0.497 e. The Morgan fingerprint density at radius 3 is 2.23 bits per heavy atom. The molecular weight excluding hydrogens is 280 g/mol. The highest BCUT2D eigenvalue weighted by Gasteiger charge is 2.44. The van der Waals surface area contributed by atoms with Crippen LogP contribution in [0, 0.1) is 0 Å². The summed E-state index contributed by atoms with van der Waals surface area (Å²) in [6.07, 6.45) is 2.63. The molecular formula is C17H26N2O3. The fourth-order valence-electron chi connectivity index (χ4n) is 3.33. The van der Waals surface area contributed by atoms with Crippen LogP contribution in [0.25, 0.3) is 0 Å². The molecule has 0 atom stereocenters. The number of hydrogen-bond donors (Lipinski definition) is 1. The van der Waals surface area contributed by atoms with Crippen LogP contribution in [0.5, 0.6) is 11.5 Å². The summed E-state index contributed by atoms with van der Waals surface area (Å²) in [5.41, 5.74) is 1.38. The number of nitrogens with zero attached hydrogens (tertiary/aromatic N) is 1. The predicted octanol–water partition coefficient (Wildman–Crippen LogP) is 1.66. The minimum Gasteiger partial charge on any atom is -0.497 e. The summed E-state index contributed by atoms with van der Waals surface area (Å²) in [5.74, 6) is 1.66. The van der Waals surface area contributed by atoms with E-state index < -0.39 is 0 Å². The van der Waals surface area contributed by atoms with Gasteiger partial charge in [0.15, 0.2) is 0 Å². The van der Waals surface area contributed by atoms with Crippen LogP contribution in [-0.4, -0.2) is 57.5 Å². The van der Waals surface area contributed by atoms with Gasteiger partial charge in [0.1, 0.15) is 11.5 Å². The highest BCUT2D eigenvalue weighted by atomic mass is 16.5. The number of hydrogen-bond acceptors (Lipinski definition) is 5. The summed E-state index contributed by atoms with van der Waals surface area (Å²) in [6, 6.07) is 6.00. The van der Waals surface area contributed by atoms with Crippen molar-refractivity contribution >= 4 is 0 Å². The number of rotatable bonds is 7. The van der Waals surface area contributed by atoms with E-state index in [-0.39, 0.29) is 5.54 Å². The van der Waals surface area contributed by atoms with Crippen LogP contribution in [0.1, 0.15) is 18.4 Å². The first kappa shape index (κ1) is 15.6. The molecule has 0 aliphatic carbocycles. The molecule has 1 aromatic carbocycles. The molecule has 2 aliphatic rings. The number of nitrogens with one attached hydrogen (secondary N) is 1. The zero-order valence-electron chi connectivity index (χ0n) is 13.6. The van der Waals surface area contributed by atoms with Crippen molar-refractivity contribution in [2.45, 2.75) is 24.9 Å². The van der Waals surface area contributed by atoms with Gasteiger partial charge in [-0.3, -0.25) is 4.90 Å². The van der Waals surface area contributed by atoms with Gasteiger partial charge in [-0.15, -0.1) is 0 Å². The fourth-order valence-corrected chi connectivity index (χ4v) is 3.33. The molecule has 2 aliphatic heterocycles. The van der Waals surface area contributed by atoms with Gasteiger partial charge < -0.3 is 19.5 Å². The van der Waals surface area contributed by atoms with Crippen LogP contribution >= 0.6 is 0 Å². The smallest absolute Gasteiger partial charge is 0.122 e. The van der Waals surface area contributed by atoms with Gasteiger partial charge in [0, 0.05) is 19.2 Å². The van der Waals surface area contributed by atoms with E-state index in [9.17, 15) is 0 Å². The Bertz CT molecular complexity index is 474. The molecule has 122 valence electrons. The number of ether oxygens (including phenoxy) is 3. The van der Waals surface area contributed by atoms with Gasteiger partial charge >= 0.3 is 0 Å². The van der Waals surface area contributed by atoms with E-state index in [1.807, 2.05) is 6.07 Å². The molecule has 22 heavy (non-hydrogen) atoms. The van der Waals surface area contributed by atoms with Crippen LogP contribution in [0.4, 0.5) is 0 Å². The van der Waals surface area contributed by atoms with E-state index in [1.165, 1.54) is 31.5 Å². The molecule has 5 nitrogen and oxygen atoms in total. The summed E-state index contributed by atoms with van der Waals surface area (Å²) in [5, 5.41) is 3.59. The normalized spacial score (nSPS) is 20.6. The van der Waals surface area contributed by atoms with Gasteiger partial charge in [0.2, 0.25) is 0 Å². The average molecular weight is 306 g/mol. The molecule has 1 aromatic rings. The quantitative estimate of drug-likeness (QED) is 0.830.